The van der Waals surface area contributed by atoms with Crippen molar-refractivity contribution < 1.29 is 4.74 Å². The summed E-state index contributed by atoms with van der Waals surface area (Å²) in [7, 11) is 1.59. The summed E-state index contributed by atoms with van der Waals surface area (Å²) in [6.45, 7) is 10.4. The van der Waals surface area contributed by atoms with Gasteiger partial charge in [0.1, 0.15) is 0 Å². The van der Waals surface area contributed by atoms with Crippen molar-refractivity contribution in [1.29, 1.82) is 0 Å². The van der Waals surface area contributed by atoms with Gasteiger partial charge in [0.15, 0.2) is 0 Å². The maximum atomic E-state index is 4.99. The molecule has 1 unspecified atom stereocenters. The highest BCUT2D eigenvalue weighted by Crippen LogP contribution is 2.34. The molecule has 1 aromatic heterocycles. The van der Waals surface area contributed by atoms with E-state index in [1.54, 1.807) is 7.11 Å². The van der Waals surface area contributed by atoms with Gasteiger partial charge in [0.2, 0.25) is 0 Å². The minimum absolute atomic E-state index is 0.430. The Morgan fingerprint density at radius 2 is 1.90 bits per heavy atom. The van der Waals surface area contributed by atoms with E-state index in [1.165, 1.54) is 37.9 Å². The average Bonchev–Trinajstić information content (AvgIpc) is 2.65. The molecule has 1 aromatic rings. The first-order chi connectivity index (χ1) is 9.49. The zero-order chi connectivity index (χ0) is 14.6. The zero-order valence-electron chi connectivity index (χ0n) is 13.2. The van der Waals surface area contributed by atoms with Crippen LogP contribution in [0.2, 0.25) is 0 Å². The first kappa shape index (κ1) is 15.2. The van der Waals surface area contributed by atoms with E-state index in [2.05, 4.69) is 35.6 Å². The number of rotatable bonds is 3. The fourth-order valence-corrected chi connectivity index (χ4v) is 2.97. The molecule has 0 saturated carbocycles. The molecule has 0 N–H and O–H groups in total. The van der Waals surface area contributed by atoms with Crippen LogP contribution in [0.1, 0.15) is 45.6 Å². The third-order valence-electron chi connectivity index (χ3n) is 4.32. The lowest BCUT2D eigenvalue weighted by atomic mass is 9.77. The summed E-state index contributed by atoms with van der Waals surface area (Å²) in [5.74, 6) is 0.833. The second-order valence-electron chi connectivity index (χ2n) is 6.85. The number of aromatic nitrogens is 2. The lowest BCUT2D eigenvalue weighted by Gasteiger charge is -2.29. The maximum absolute atomic E-state index is 4.99. The molecule has 1 aliphatic heterocycles. The molecular weight excluding hydrogens is 250 g/mol. The molecule has 112 valence electrons. The number of nitrogens with zero attached hydrogens (tertiary/aromatic N) is 3. The molecule has 0 aliphatic carbocycles. The molecular formula is C16H27N3O. The first-order valence-corrected chi connectivity index (χ1v) is 7.56. The van der Waals surface area contributed by atoms with Crippen LogP contribution < -0.4 is 4.74 Å². The molecule has 1 aliphatic rings. The first-order valence-electron chi connectivity index (χ1n) is 7.56. The normalized spacial score (nSPS) is 21.5. The lowest BCUT2D eigenvalue weighted by Crippen LogP contribution is -2.26. The number of likely N-dealkylation sites (tertiary alicyclic amines) is 1. The minimum atomic E-state index is 0.430. The molecule has 0 aromatic carbocycles. The lowest BCUT2D eigenvalue weighted by molar-refractivity contribution is 0.206. The molecule has 0 amide bonds. The van der Waals surface area contributed by atoms with Crippen molar-refractivity contribution in [2.24, 2.45) is 11.3 Å². The van der Waals surface area contributed by atoms with Gasteiger partial charge in [0, 0.05) is 24.5 Å². The van der Waals surface area contributed by atoms with Gasteiger partial charge < -0.3 is 4.74 Å². The Morgan fingerprint density at radius 3 is 2.50 bits per heavy atom. The maximum Gasteiger partial charge on any atom is 0.316 e. The molecule has 1 saturated heterocycles. The Kier molecular flexibility index (Phi) is 4.97. The van der Waals surface area contributed by atoms with Gasteiger partial charge in [-0.1, -0.05) is 20.8 Å². The molecule has 4 heteroatoms. The molecule has 1 fully saturated rings. The highest BCUT2D eigenvalue weighted by atomic mass is 16.5. The van der Waals surface area contributed by atoms with Crippen LogP contribution in [0.25, 0.3) is 0 Å². The molecule has 2 heterocycles. The topological polar surface area (TPSA) is 38.2 Å². The van der Waals surface area contributed by atoms with Crippen LogP contribution in [-0.4, -0.2) is 35.1 Å². The quantitative estimate of drug-likeness (QED) is 0.851. The fraction of sp³-hybridized carbons (Fsp3) is 0.750. The Labute approximate surface area is 122 Å². The van der Waals surface area contributed by atoms with Crippen molar-refractivity contribution in [3.8, 4) is 6.01 Å². The van der Waals surface area contributed by atoms with E-state index >= 15 is 0 Å². The molecule has 4 nitrogen and oxygen atoms in total. The second kappa shape index (κ2) is 6.53. The summed E-state index contributed by atoms with van der Waals surface area (Å²) >= 11 is 0. The van der Waals surface area contributed by atoms with Crippen LogP contribution in [0.3, 0.4) is 0 Å². The summed E-state index contributed by atoms with van der Waals surface area (Å²) in [6.07, 6.45) is 7.68. The Balaban J connectivity index is 1.90. The average molecular weight is 277 g/mol. The smallest absolute Gasteiger partial charge is 0.316 e. The van der Waals surface area contributed by atoms with Crippen molar-refractivity contribution in [3.63, 3.8) is 0 Å². The molecule has 0 bridgehead atoms. The van der Waals surface area contributed by atoms with Crippen molar-refractivity contribution in [2.75, 3.05) is 20.2 Å². The molecule has 0 radical (unpaired) electrons. The fourth-order valence-electron chi connectivity index (χ4n) is 2.97. The van der Waals surface area contributed by atoms with Gasteiger partial charge in [-0.2, -0.15) is 0 Å². The minimum Gasteiger partial charge on any atom is -0.467 e. The van der Waals surface area contributed by atoms with E-state index in [4.69, 9.17) is 4.74 Å². The number of hydrogen-bond acceptors (Lipinski definition) is 4. The zero-order valence-corrected chi connectivity index (χ0v) is 13.2. The predicted molar refractivity (Wildman–Crippen MR) is 80.7 cm³/mol. The second-order valence-corrected chi connectivity index (χ2v) is 6.85. The Morgan fingerprint density at radius 1 is 1.20 bits per heavy atom. The third kappa shape index (κ3) is 4.17. The van der Waals surface area contributed by atoms with Gasteiger partial charge in [-0.25, -0.2) is 9.97 Å². The SMILES string of the molecule is COc1ncc(CN2CCCC(C(C)(C)C)CC2)cn1. The molecule has 1 atom stereocenters. The van der Waals surface area contributed by atoms with Crippen LogP contribution in [0.15, 0.2) is 12.4 Å². The monoisotopic (exact) mass is 277 g/mol. The number of ether oxygens (including phenoxy) is 1. The van der Waals surface area contributed by atoms with E-state index in [1.807, 2.05) is 12.4 Å². The van der Waals surface area contributed by atoms with Gasteiger partial charge >= 0.3 is 6.01 Å². The van der Waals surface area contributed by atoms with Crippen molar-refractivity contribution in [2.45, 2.75) is 46.6 Å². The van der Waals surface area contributed by atoms with Crippen LogP contribution in [0.4, 0.5) is 0 Å². The predicted octanol–water partition coefficient (Wildman–Crippen LogP) is 3.13. The summed E-state index contributed by atoms with van der Waals surface area (Å²) in [5, 5.41) is 0. The van der Waals surface area contributed by atoms with Crippen LogP contribution in [0.5, 0.6) is 6.01 Å². The molecule has 20 heavy (non-hydrogen) atoms. The number of methoxy groups -OCH3 is 1. The highest BCUT2D eigenvalue weighted by Gasteiger charge is 2.26. The van der Waals surface area contributed by atoms with Gasteiger partial charge in [-0.05, 0) is 43.7 Å². The van der Waals surface area contributed by atoms with Crippen molar-refractivity contribution >= 4 is 0 Å². The van der Waals surface area contributed by atoms with Crippen LogP contribution >= 0.6 is 0 Å². The van der Waals surface area contributed by atoms with E-state index < -0.39 is 0 Å². The van der Waals surface area contributed by atoms with Crippen molar-refractivity contribution in [3.05, 3.63) is 18.0 Å². The largest absolute Gasteiger partial charge is 0.467 e. The highest BCUT2D eigenvalue weighted by molar-refractivity contribution is 5.07. The van der Waals surface area contributed by atoms with Gasteiger partial charge in [-0.15, -0.1) is 0 Å². The van der Waals surface area contributed by atoms with Gasteiger partial charge in [0.05, 0.1) is 7.11 Å². The van der Waals surface area contributed by atoms with E-state index in [9.17, 15) is 0 Å². The Hall–Kier alpha value is -1.16. The number of hydrogen-bond donors (Lipinski definition) is 0. The summed E-state index contributed by atoms with van der Waals surface area (Å²) in [6, 6.07) is 0.442. The Bertz CT molecular complexity index is 411. The van der Waals surface area contributed by atoms with E-state index in [0.29, 0.717) is 11.4 Å². The van der Waals surface area contributed by atoms with Crippen LogP contribution in [0, 0.1) is 11.3 Å². The van der Waals surface area contributed by atoms with E-state index in [-0.39, 0.29) is 0 Å². The summed E-state index contributed by atoms with van der Waals surface area (Å²) < 4.78 is 4.99. The third-order valence-corrected chi connectivity index (χ3v) is 4.32. The molecule has 0 spiro atoms. The molecule has 2 rings (SSSR count). The standard InChI is InChI=1S/C16H27N3O/c1-16(2,3)14-6-5-8-19(9-7-14)12-13-10-17-15(20-4)18-11-13/h10-11,14H,5-9,12H2,1-4H3. The van der Waals surface area contributed by atoms with Crippen molar-refractivity contribution in [1.82, 2.24) is 14.9 Å². The summed E-state index contributed by atoms with van der Waals surface area (Å²) in [4.78, 5) is 10.9. The summed E-state index contributed by atoms with van der Waals surface area (Å²) in [5.41, 5.74) is 1.60. The van der Waals surface area contributed by atoms with Gasteiger partial charge in [0.25, 0.3) is 0 Å². The van der Waals surface area contributed by atoms with Gasteiger partial charge in [-0.3, -0.25) is 4.90 Å². The van der Waals surface area contributed by atoms with Crippen LogP contribution in [-0.2, 0) is 6.54 Å². The van der Waals surface area contributed by atoms with E-state index in [0.717, 1.165) is 12.5 Å².